The monoisotopic (exact) mass is 434 g/mol. The molecule has 1 unspecified atom stereocenters. The standard InChI is InChI=1S/C22H30N2O5S/c1-5-17(2)24(16-18-9-7-6-8-10-18)22(25)13-14-23-30(26,27)19-11-12-20(28-3)21(15-19)29-4/h6-12,15,17,23H,5,13-14,16H2,1-4H3. The number of nitrogens with one attached hydrogen (secondary N) is 1. The van der Waals surface area contributed by atoms with Crippen LogP contribution >= 0.6 is 0 Å². The molecule has 164 valence electrons. The second-order valence-electron chi connectivity index (χ2n) is 6.93. The molecule has 0 fully saturated rings. The number of amides is 1. The number of nitrogens with zero attached hydrogens (tertiary/aromatic N) is 1. The summed E-state index contributed by atoms with van der Waals surface area (Å²) in [6.45, 7) is 4.53. The normalized spacial score (nSPS) is 12.3. The van der Waals surface area contributed by atoms with Crippen LogP contribution in [-0.4, -0.2) is 46.0 Å². The number of carbonyl (C=O) groups is 1. The van der Waals surface area contributed by atoms with Gasteiger partial charge < -0.3 is 14.4 Å². The van der Waals surface area contributed by atoms with Crippen molar-refractivity contribution in [2.45, 2.75) is 44.2 Å². The largest absolute Gasteiger partial charge is 0.493 e. The Morgan fingerprint density at radius 3 is 2.33 bits per heavy atom. The molecular formula is C22H30N2O5S. The van der Waals surface area contributed by atoms with Gasteiger partial charge >= 0.3 is 0 Å². The molecule has 0 radical (unpaired) electrons. The molecule has 0 bridgehead atoms. The van der Waals surface area contributed by atoms with E-state index in [1.165, 1.54) is 32.4 Å². The minimum absolute atomic E-state index is 0.0111. The molecule has 0 spiro atoms. The van der Waals surface area contributed by atoms with E-state index >= 15 is 0 Å². The predicted octanol–water partition coefficient (Wildman–Crippen LogP) is 3.20. The van der Waals surface area contributed by atoms with Gasteiger partial charge in [-0.3, -0.25) is 4.79 Å². The molecular weight excluding hydrogens is 404 g/mol. The van der Waals surface area contributed by atoms with Crippen LogP contribution in [0.2, 0.25) is 0 Å². The van der Waals surface area contributed by atoms with Gasteiger partial charge in [0.05, 0.1) is 19.1 Å². The Bertz CT molecular complexity index is 932. The average molecular weight is 435 g/mol. The number of hydrogen-bond acceptors (Lipinski definition) is 5. The van der Waals surface area contributed by atoms with Gasteiger partial charge in [-0.05, 0) is 31.0 Å². The summed E-state index contributed by atoms with van der Waals surface area (Å²) in [6, 6.07) is 14.2. The van der Waals surface area contributed by atoms with Crippen molar-refractivity contribution in [3.8, 4) is 11.5 Å². The van der Waals surface area contributed by atoms with Gasteiger partial charge in [0.1, 0.15) is 0 Å². The van der Waals surface area contributed by atoms with Crippen molar-refractivity contribution >= 4 is 15.9 Å². The van der Waals surface area contributed by atoms with Crippen molar-refractivity contribution in [2.24, 2.45) is 0 Å². The molecule has 1 amide bonds. The first kappa shape index (κ1) is 23.7. The van der Waals surface area contributed by atoms with Gasteiger partial charge in [-0.15, -0.1) is 0 Å². The first-order valence-corrected chi connectivity index (χ1v) is 11.4. The maximum atomic E-state index is 12.8. The van der Waals surface area contributed by atoms with Crippen molar-refractivity contribution in [3.63, 3.8) is 0 Å². The highest BCUT2D eigenvalue weighted by Gasteiger charge is 2.21. The lowest BCUT2D eigenvalue weighted by molar-refractivity contribution is -0.133. The molecule has 0 saturated carbocycles. The Kier molecular flexibility index (Phi) is 8.68. The highest BCUT2D eigenvalue weighted by atomic mass is 32.2. The van der Waals surface area contributed by atoms with Crippen LogP contribution in [0.1, 0.15) is 32.3 Å². The lowest BCUT2D eigenvalue weighted by Crippen LogP contribution is -2.39. The highest BCUT2D eigenvalue weighted by Crippen LogP contribution is 2.29. The van der Waals surface area contributed by atoms with E-state index in [0.29, 0.717) is 18.0 Å². The molecule has 2 rings (SSSR count). The van der Waals surface area contributed by atoms with E-state index in [2.05, 4.69) is 4.72 Å². The van der Waals surface area contributed by atoms with E-state index in [4.69, 9.17) is 9.47 Å². The summed E-state index contributed by atoms with van der Waals surface area (Å²) in [6.07, 6.45) is 0.889. The SMILES string of the molecule is CCC(C)N(Cc1ccccc1)C(=O)CCNS(=O)(=O)c1ccc(OC)c(OC)c1. The minimum Gasteiger partial charge on any atom is -0.493 e. The van der Waals surface area contributed by atoms with E-state index in [-0.39, 0.29) is 29.8 Å². The quantitative estimate of drug-likeness (QED) is 0.587. The molecule has 0 aliphatic rings. The Morgan fingerprint density at radius 2 is 1.73 bits per heavy atom. The van der Waals surface area contributed by atoms with E-state index in [1.54, 1.807) is 4.90 Å². The maximum absolute atomic E-state index is 12.8. The van der Waals surface area contributed by atoms with Gasteiger partial charge in [-0.1, -0.05) is 37.3 Å². The van der Waals surface area contributed by atoms with Crippen molar-refractivity contribution in [1.29, 1.82) is 0 Å². The first-order valence-electron chi connectivity index (χ1n) is 9.87. The third-order valence-corrected chi connectivity index (χ3v) is 6.39. The zero-order valence-corrected chi connectivity index (χ0v) is 18.7. The summed E-state index contributed by atoms with van der Waals surface area (Å²) in [7, 11) is -0.859. The Morgan fingerprint density at radius 1 is 1.07 bits per heavy atom. The van der Waals surface area contributed by atoms with Crippen LogP contribution < -0.4 is 14.2 Å². The second kappa shape index (κ2) is 11.0. The number of carbonyl (C=O) groups excluding carboxylic acids is 1. The summed E-state index contributed by atoms with van der Waals surface area (Å²) in [5.74, 6) is 0.669. The van der Waals surface area contributed by atoms with Crippen molar-refractivity contribution < 1.29 is 22.7 Å². The van der Waals surface area contributed by atoms with Gasteiger partial charge in [-0.25, -0.2) is 13.1 Å². The van der Waals surface area contributed by atoms with Crippen LogP contribution in [0.5, 0.6) is 11.5 Å². The van der Waals surface area contributed by atoms with E-state index in [9.17, 15) is 13.2 Å². The van der Waals surface area contributed by atoms with Gasteiger partial charge in [0.25, 0.3) is 0 Å². The molecule has 1 N–H and O–H groups in total. The summed E-state index contributed by atoms with van der Waals surface area (Å²) < 4.78 is 38.0. The van der Waals surface area contributed by atoms with Crippen LogP contribution in [0.15, 0.2) is 53.4 Å². The fraction of sp³-hybridized carbons (Fsp3) is 0.409. The molecule has 0 heterocycles. The van der Waals surface area contributed by atoms with E-state index in [1.807, 2.05) is 44.2 Å². The lowest BCUT2D eigenvalue weighted by Gasteiger charge is -2.29. The molecule has 0 aliphatic carbocycles. The van der Waals surface area contributed by atoms with Crippen molar-refractivity contribution in [2.75, 3.05) is 20.8 Å². The topological polar surface area (TPSA) is 84.9 Å². The summed E-state index contributed by atoms with van der Waals surface area (Å²) in [4.78, 5) is 14.7. The van der Waals surface area contributed by atoms with Crippen LogP contribution in [-0.2, 0) is 21.4 Å². The van der Waals surface area contributed by atoms with Gasteiger partial charge in [0, 0.05) is 31.6 Å². The Hall–Kier alpha value is -2.58. The molecule has 2 aromatic carbocycles. The fourth-order valence-corrected chi connectivity index (χ4v) is 4.04. The number of methoxy groups -OCH3 is 2. The molecule has 0 aromatic heterocycles. The third kappa shape index (κ3) is 6.21. The molecule has 7 nitrogen and oxygen atoms in total. The van der Waals surface area contributed by atoms with Gasteiger partial charge in [-0.2, -0.15) is 0 Å². The molecule has 1 atom stereocenters. The van der Waals surface area contributed by atoms with E-state index < -0.39 is 10.0 Å². The van der Waals surface area contributed by atoms with Gasteiger partial charge in [0.15, 0.2) is 11.5 Å². The summed E-state index contributed by atoms with van der Waals surface area (Å²) in [5.41, 5.74) is 1.04. The van der Waals surface area contributed by atoms with Crippen molar-refractivity contribution in [1.82, 2.24) is 9.62 Å². The van der Waals surface area contributed by atoms with Crippen molar-refractivity contribution in [3.05, 3.63) is 54.1 Å². The molecule has 0 aliphatic heterocycles. The smallest absolute Gasteiger partial charge is 0.240 e. The fourth-order valence-electron chi connectivity index (χ4n) is 2.99. The van der Waals surface area contributed by atoms with Gasteiger partial charge in [0.2, 0.25) is 15.9 Å². The molecule has 8 heteroatoms. The predicted molar refractivity (Wildman–Crippen MR) is 116 cm³/mol. The lowest BCUT2D eigenvalue weighted by atomic mass is 10.1. The molecule has 2 aromatic rings. The van der Waals surface area contributed by atoms with Crippen LogP contribution in [0.25, 0.3) is 0 Å². The number of rotatable bonds is 11. The number of hydrogen-bond donors (Lipinski definition) is 1. The van der Waals surface area contributed by atoms with Crippen LogP contribution in [0.4, 0.5) is 0 Å². The van der Waals surface area contributed by atoms with Crippen LogP contribution in [0, 0.1) is 0 Å². The Labute approximate surface area is 179 Å². The zero-order valence-electron chi connectivity index (χ0n) is 17.9. The molecule has 0 saturated heterocycles. The third-order valence-electron chi connectivity index (χ3n) is 4.94. The minimum atomic E-state index is -3.78. The van der Waals surface area contributed by atoms with Crippen LogP contribution in [0.3, 0.4) is 0 Å². The number of ether oxygens (including phenoxy) is 2. The first-order chi connectivity index (χ1) is 14.3. The summed E-state index contributed by atoms with van der Waals surface area (Å²) >= 11 is 0. The Balaban J connectivity index is 2.03. The number of benzene rings is 2. The zero-order chi connectivity index (χ0) is 22.1. The van der Waals surface area contributed by atoms with E-state index in [0.717, 1.165) is 12.0 Å². The second-order valence-corrected chi connectivity index (χ2v) is 8.70. The summed E-state index contributed by atoms with van der Waals surface area (Å²) in [5, 5.41) is 0. The molecule has 30 heavy (non-hydrogen) atoms. The average Bonchev–Trinajstić information content (AvgIpc) is 2.76. The number of sulfonamides is 1. The maximum Gasteiger partial charge on any atom is 0.240 e. The highest BCUT2D eigenvalue weighted by molar-refractivity contribution is 7.89.